The lowest BCUT2D eigenvalue weighted by atomic mass is 9.98. The average Bonchev–Trinajstić information content (AvgIpc) is 2.65. The van der Waals surface area contributed by atoms with E-state index in [2.05, 4.69) is 4.99 Å². The Balaban J connectivity index is 2.82. The van der Waals surface area contributed by atoms with Crippen LogP contribution in [-0.2, 0) is 9.59 Å². The molecule has 0 bridgehead atoms. The quantitative estimate of drug-likeness (QED) is 0.655. The van der Waals surface area contributed by atoms with Crippen molar-refractivity contribution in [3.05, 3.63) is 51.8 Å². The Labute approximate surface area is 146 Å². The van der Waals surface area contributed by atoms with Crippen LogP contribution in [-0.4, -0.2) is 28.2 Å². The summed E-state index contributed by atoms with van der Waals surface area (Å²) in [6.07, 6.45) is -5.19. The van der Waals surface area contributed by atoms with Gasteiger partial charge < -0.3 is 10.2 Å². The zero-order valence-electron chi connectivity index (χ0n) is 20.7. The minimum Gasteiger partial charge on any atom is -0.510 e. The van der Waals surface area contributed by atoms with E-state index >= 15 is 0 Å². The van der Waals surface area contributed by atoms with E-state index in [9.17, 15) is 14.7 Å². The zero-order chi connectivity index (χ0) is 24.9. The number of allylic oxidation sites excluding steroid dienone is 3. The maximum atomic E-state index is 12.6. The number of hydrogen-bond donors (Lipinski definition) is 2. The summed E-state index contributed by atoms with van der Waals surface area (Å²) in [6, 6.07) is -3.63. The molecule has 0 saturated heterocycles. The molecule has 0 spiro atoms. The summed E-state index contributed by atoms with van der Waals surface area (Å²) in [4.78, 5) is 27.0. The Morgan fingerprint density at radius 1 is 1.50 bits per heavy atom. The van der Waals surface area contributed by atoms with Gasteiger partial charge in [-0.3, -0.25) is 9.59 Å². The van der Waals surface area contributed by atoms with Crippen LogP contribution in [0.2, 0.25) is 5.02 Å². The molecule has 0 radical (unpaired) electrons. The Morgan fingerprint density at radius 2 is 2.27 bits per heavy atom. The number of hydrogen-bond acceptors (Lipinski definition) is 4. The number of aliphatic imine (C=N–C) groups is 1. The van der Waals surface area contributed by atoms with Crippen molar-refractivity contribution in [1.29, 1.82) is 0 Å². The first-order valence-electron chi connectivity index (χ1n) is 10.7. The smallest absolute Gasteiger partial charge is 0.303 e. The number of carboxylic acid groups (broad SMARTS) is 1. The third-order valence-electron chi connectivity index (χ3n) is 2.45. The third kappa shape index (κ3) is 3.62. The fourth-order valence-corrected chi connectivity index (χ4v) is 1.63. The predicted octanol–water partition coefficient (Wildman–Crippen LogP) is 3.32. The van der Waals surface area contributed by atoms with Crippen LogP contribution in [0.1, 0.15) is 37.6 Å². The summed E-state index contributed by atoms with van der Waals surface area (Å²) in [5, 5.41) is 18.2. The van der Waals surface area contributed by atoms with E-state index in [4.69, 9.17) is 30.4 Å². The van der Waals surface area contributed by atoms with Gasteiger partial charge in [0.05, 0.1) is 13.2 Å². The maximum Gasteiger partial charge on any atom is 0.303 e. The first kappa shape index (κ1) is 7.24. The van der Waals surface area contributed by atoms with E-state index in [0.717, 1.165) is 0 Å². The molecule has 1 aliphatic rings. The number of aliphatic carboxylic acids is 1. The van der Waals surface area contributed by atoms with Gasteiger partial charge in [-0.25, -0.2) is 4.99 Å². The van der Waals surface area contributed by atoms with Crippen LogP contribution in [0, 0.1) is 6.85 Å². The van der Waals surface area contributed by atoms with Crippen LogP contribution in [0.25, 0.3) is 5.57 Å². The highest BCUT2D eigenvalue weighted by Crippen LogP contribution is 2.25. The van der Waals surface area contributed by atoms with Crippen molar-refractivity contribution < 1.29 is 33.5 Å². The zero-order valence-corrected chi connectivity index (χ0v) is 11.5. The molecule has 0 atom stereocenters. The number of nitrogens with zero attached hydrogens (tertiary/aromatic N) is 1. The number of ketones is 1. The fourth-order valence-electron chi connectivity index (χ4n) is 1.49. The molecule has 0 fully saturated rings. The van der Waals surface area contributed by atoms with Gasteiger partial charge in [0, 0.05) is 30.1 Å². The minimum absolute atomic E-state index is 0.655. The summed E-state index contributed by atoms with van der Waals surface area (Å²) in [7, 11) is 0. The molecule has 2 N–H and O–H groups in total. The molecule has 6 heteroatoms. The molecule has 1 aromatic rings. The summed E-state index contributed by atoms with van der Waals surface area (Å²) in [5.41, 5.74) is -3.43. The Morgan fingerprint density at radius 3 is 2.95 bits per heavy atom. The van der Waals surface area contributed by atoms with Crippen molar-refractivity contribution >= 4 is 35.1 Å². The van der Waals surface area contributed by atoms with E-state index in [1.54, 1.807) is 0 Å². The van der Waals surface area contributed by atoms with Crippen molar-refractivity contribution in [1.82, 2.24) is 0 Å². The van der Waals surface area contributed by atoms with Gasteiger partial charge in [0.25, 0.3) is 0 Å². The second-order valence-electron chi connectivity index (χ2n) is 3.95. The normalized spacial score (nSPS) is 25.1. The monoisotopic (exact) mass is 329 g/mol. The highest BCUT2D eigenvalue weighted by Gasteiger charge is 2.19. The van der Waals surface area contributed by atoms with Gasteiger partial charge in [-0.05, 0) is 36.1 Å². The Bertz CT molecular complexity index is 1140. The summed E-state index contributed by atoms with van der Waals surface area (Å²) in [6.45, 7) is -3.10. The highest BCUT2D eigenvalue weighted by atomic mass is 35.5. The van der Waals surface area contributed by atoms with Gasteiger partial charge in [0.2, 0.25) is 5.78 Å². The van der Waals surface area contributed by atoms with E-state index in [0.29, 0.717) is 0 Å². The van der Waals surface area contributed by atoms with Gasteiger partial charge in [0.1, 0.15) is 11.5 Å². The number of aliphatic hydroxyl groups is 1. The Kier molecular flexibility index (Phi) is 2.16. The van der Waals surface area contributed by atoms with E-state index in [1.165, 1.54) is 0 Å². The van der Waals surface area contributed by atoms with Crippen molar-refractivity contribution in [2.75, 3.05) is 0 Å². The summed E-state index contributed by atoms with van der Waals surface area (Å²) >= 11 is 5.85. The molecule has 114 valence electrons. The SMILES string of the molecule is [2H]C1=NC(=C(O)CC([2H])([2H])C(=O)O)C(=O)C([2H])=C1c1c([2H])c(Cl)c([2H])c([2H])c1C([2H])([2H])[2H]. The molecule has 1 aromatic carbocycles. The summed E-state index contributed by atoms with van der Waals surface area (Å²) < 4.78 is 77.6. The second-order valence-corrected chi connectivity index (χ2v) is 4.32. The molecule has 22 heavy (non-hydrogen) atoms. The molecule has 0 saturated carbocycles. The van der Waals surface area contributed by atoms with Crippen LogP contribution in [0.15, 0.2) is 40.6 Å². The fraction of sp³-hybridized carbons (Fsp3) is 0.188. The van der Waals surface area contributed by atoms with Gasteiger partial charge in [-0.1, -0.05) is 17.6 Å². The lowest BCUT2D eigenvalue weighted by Gasteiger charge is -2.12. The Hall–Kier alpha value is -2.40. The van der Waals surface area contributed by atoms with Crippen molar-refractivity contribution in [3.63, 3.8) is 0 Å². The van der Waals surface area contributed by atoms with Gasteiger partial charge in [0.15, 0.2) is 0 Å². The standard InChI is InChI=1S/C16H14ClNO4/c1-9-2-3-11(17)7-12(9)10-6-14(20)16(18-8-10)13(19)4-5-15(21)22/h2-3,6-8,19H,4-5H2,1H3,(H,21,22)/i1D3,2D,3D,5D2,6D,7D,8D. The van der Waals surface area contributed by atoms with Crippen molar-refractivity contribution in [3.8, 4) is 0 Å². The average molecular weight is 330 g/mol. The van der Waals surface area contributed by atoms with Gasteiger partial charge in [-0.15, -0.1) is 0 Å². The lowest BCUT2D eigenvalue weighted by Crippen LogP contribution is -2.09. The number of carbonyl (C=O) groups is 2. The molecule has 1 aliphatic heterocycles. The number of carbonyl (C=O) groups excluding carboxylic acids is 1. The molecular formula is C16H14ClNO4. The van der Waals surface area contributed by atoms with Crippen molar-refractivity contribution in [2.45, 2.75) is 19.6 Å². The first-order chi connectivity index (χ1) is 14.4. The molecule has 0 aliphatic carbocycles. The van der Waals surface area contributed by atoms with Crippen LogP contribution in [0.3, 0.4) is 0 Å². The lowest BCUT2D eigenvalue weighted by molar-refractivity contribution is -0.137. The van der Waals surface area contributed by atoms with Crippen LogP contribution >= 0.6 is 11.6 Å². The molecule has 0 aromatic heterocycles. The van der Waals surface area contributed by atoms with Crippen LogP contribution < -0.4 is 0 Å². The first-order valence-corrected chi connectivity index (χ1v) is 6.08. The molecule has 5 nitrogen and oxygen atoms in total. The third-order valence-corrected chi connectivity index (χ3v) is 2.63. The maximum absolute atomic E-state index is 12.6. The molecule has 0 unspecified atom stereocenters. The van der Waals surface area contributed by atoms with Gasteiger partial charge >= 0.3 is 5.97 Å². The molecule has 0 amide bonds. The number of halogens is 1. The highest BCUT2D eigenvalue weighted by molar-refractivity contribution is 6.31. The number of carboxylic acids is 1. The predicted molar refractivity (Wildman–Crippen MR) is 84.2 cm³/mol. The minimum atomic E-state index is -3.10. The van der Waals surface area contributed by atoms with E-state index in [1.807, 2.05) is 0 Å². The van der Waals surface area contributed by atoms with E-state index < -0.39 is 94.9 Å². The largest absolute Gasteiger partial charge is 0.510 e. The number of dihydropyridines is 1. The molecule has 1 heterocycles. The topological polar surface area (TPSA) is 87.0 Å². The second kappa shape index (κ2) is 6.58. The van der Waals surface area contributed by atoms with Crippen LogP contribution in [0.4, 0.5) is 0 Å². The number of aliphatic hydroxyl groups excluding tert-OH is 1. The van der Waals surface area contributed by atoms with E-state index in [-0.39, 0.29) is 0 Å². The number of rotatable bonds is 4. The van der Waals surface area contributed by atoms with Crippen LogP contribution in [0.5, 0.6) is 0 Å². The molecular weight excluding hydrogens is 306 g/mol. The number of benzene rings is 1. The summed E-state index contributed by atoms with van der Waals surface area (Å²) in [5.74, 6) is -4.50. The van der Waals surface area contributed by atoms with Crippen molar-refractivity contribution in [2.24, 2.45) is 4.99 Å². The van der Waals surface area contributed by atoms with Gasteiger partial charge in [-0.2, -0.15) is 0 Å². The molecule has 2 rings (SSSR count).